The number of aromatic nitrogens is 2. The first-order valence-electron chi connectivity index (χ1n) is 11.6. The quantitative estimate of drug-likeness (QED) is 0.432. The topological polar surface area (TPSA) is 76.5 Å². The van der Waals surface area contributed by atoms with Gasteiger partial charge in [0, 0.05) is 17.4 Å². The Morgan fingerprint density at radius 2 is 2.03 bits per heavy atom. The highest BCUT2D eigenvalue weighted by atomic mass is 19.3. The Kier molecular flexibility index (Phi) is 6.86. The Balaban J connectivity index is 1.73. The molecule has 1 saturated heterocycles. The number of aryl methyl sites for hydroxylation is 1. The molecule has 36 heavy (non-hydrogen) atoms. The van der Waals surface area contributed by atoms with Crippen LogP contribution in [0.2, 0.25) is 0 Å². The van der Waals surface area contributed by atoms with Gasteiger partial charge in [-0.3, -0.25) is 0 Å². The molecule has 2 atom stereocenters. The summed E-state index contributed by atoms with van der Waals surface area (Å²) >= 11 is 0. The van der Waals surface area contributed by atoms with Crippen LogP contribution in [-0.4, -0.2) is 40.0 Å². The summed E-state index contributed by atoms with van der Waals surface area (Å²) in [6.45, 7) is 6.29. The maximum Gasteiger partial charge on any atom is 0.303 e. The zero-order valence-electron chi connectivity index (χ0n) is 20.5. The summed E-state index contributed by atoms with van der Waals surface area (Å²) in [5.74, 6) is -0.983. The second-order valence-electron chi connectivity index (χ2n) is 9.44. The maximum absolute atomic E-state index is 15.3. The van der Waals surface area contributed by atoms with Crippen molar-refractivity contribution >= 4 is 16.7 Å². The van der Waals surface area contributed by atoms with Crippen molar-refractivity contribution in [3.05, 3.63) is 58.7 Å². The number of halogens is 3. The highest BCUT2D eigenvalue weighted by Gasteiger charge is 2.49. The summed E-state index contributed by atoms with van der Waals surface area (Å²) in [7, 11) is 0. The zero-order chi connectivity index (χ0) is 26.3. The van der Waals surface area contributed by atoms with Gasteiger partial charge in [-0.25, -0.2) is 14.4 Å². The van der Waals surface area contributed by atoms with E-state index < -0.39 is 28.9 Å². The number of fused-ring (bicyclic) bond motifs is 1. The van der Waals surface area contributed by atoms with E-state index in [2.05, 4.69) is 21.2 Å². The molecule has 0 radical (unpaired) electrons. The van der Waals surface area contributed by atoms with Gasteiger partial charge in [0.2, 0.25) is 0 Å². The standard InChI is InChI=1S/C27H28F3N3O3/c1-6-17-12-22-20(13-23(17)36-18-10-11-35-14-18)25(33-16(3)32-22)31-15(2)19-8-7-9-21(24(19)28)27(29,30)26(4,5)34/h1,7-9,12-13,15,18,34H,10-11,14H2,2-5H3,(H,31,32,33)/t15-,18+/m1/s1. The van der Waals surface area contributed by atoms with Crippen LogP contribution >= 0.6 is 0 Å². The molecule has 0 bridgehead atoms. The summed E-state index contributed by atoms with van der Waals surface area (Å²) in [6, 6.07) is 6.43. The third kappa shape index (κ3) is 4.84. The minimum absolute atomic E-state index is 0.000614. The smallest absolute Gasteiger partial charge is 0.303 e. The molecule has 1 aliphatic heterocycles. The fourth-order valence-electron chi connectivity index (χ4n) is 4.12. The predicted molar refractivity (Wildman–Crippen MR) is 131 cm³/mol. The SMILES string of the molecule is C#Cc1cc2nc(C)nc(N[C@H](C)c3cccc(C(F)(F)C(C)(C)O)c3F)c2cc1O[C@H]1CCOC1. The molecule has 1 aromatic heterocycles. The predicted octanol–water partition coefficient (Wildman–Crippen LogP) is 5.26. The molecular formula is C27H28F3N3O3. The van der Waals surface area contributed by atoms with E-state index >= 15 is 4.39 Å². The molecular weight excluding hydrogens is 471 g/mol. The van der Waals surface area contributed by atoms with Crippen molar-refractivity contribution in [2.75, 3.05) is 18.5 Å². The van der Waals surface area contributed by atoms with Gasteiger partial charge in [0.25, 0.3) is 0 Å². The summed E-state index contributed by atoms with van der Waals surface area (Å²) < 4.78 is 56.3. The monoisotopic (exact) mass is 499 g/mol. The van der Waals surface area contributed by atoms with Gasteiger partial charge >= 0.3 is 5.92 Å². The van der Waals surface area contributed by atoms with Crippen LogP contribution in [0, 0.1) is 25.1 Å². The van der Waals surface area contributed by atoms with Gasteiger partial charge in [-0.2, -0.15) is 8.78 Å². The van der Waals surface area contributed by atoms with Crippen LogP contribution in [0.25, 0.3) is 10.9 Å². The minimum Gasteiger partial charge on any atom is -0.487 e. The lowest BCUT2D eigenvalue weighted by atomic mass is 9.91. The summed E-state index contributed by atoms with van der Waals surface area (Å²) in [5.41, 5.74) is -2.24. The van der Waals surface area contributed by atoms with E-state index in [0.29, 0.717) is 47.1 Å². The number of ether oxygens (including phenoxy) is 2. The van der Waals surface area contributed by atoms with Crippen molar-refractivity contribution in [2.45, 2.75) is 57.8 Å². The molecule has 6 nitrogen and oxygen atoms in total. The molecule has 190 valence electrons. The van der Waals surface area contributed by atoms with Crippen molar-refractivity contribution in [2.24, 2.45) is 0 Å². The van der Waals surface area contributed by atoms with Crippen molar-refractivity contribution in [1.29, 1.82) is 0 Å². The number of hydrogen-bond acceptors (Lipinski definition) is 6. The number of benzene rings is 2. The largest absolute Gasteiger partial charge is 0.487 e. The van der Waals surface area contributed by atoms with Gasteiger partial charge in [-0.05, 0) is 45.9 Å². The lowest BCUT2D eigenvalue weighted by Crippen LogP contribution is -2.41. The molecule has 0 amide bonds. The van der Waals surface area contributed by atoms with Crippen LogP contribution in [0.5, 0.6) is 5.75 Å². The van der Waals surface area contributed by atoms with Gasteiger partial charge in [0.1, 0.15) is 34.9 Å². The summed E-state index contributed by atoms with van der Waals surface area (Å²) in [6.07, 6.45) is 6.31. The van der Waals surface area contributed by atoms with E-state index in [1.165, 1.54) is 12.1 Å². The average molecular weight is 500 g/mol. The van der Waals surface area contributed by atoms with Gasteiger partial charge in [-0.15, -0.1) is 6.42 Å². The van der Waals surface area contributed by atoms with E-state index in [4.69, 9.17) is 15.9 Å². The van der Waals surface area contributed by atoms with Gasteiger partial charge in [0.15, 0.2) is 0 Å². The van der Waals surface area contributed by atoms with Gasteiger partial charge in [-0.1, -0.05) is 18.1 Å². The Labute approximate surface area is 207 Å². The van der Waals surface area contributed by atoms with E-state index in [0.717, 1.165) is 26.3 Å². The zero-order valence-corrected chi connectivity index (χ0v) is 20.5. The molecule has 1 aliphatic rings. The molecule has 0 aliphatic carbocycles. The number of anilines is 1. The highest BCUT2D eigenvalue weighted by molar-refractivity contribution is 5.92. The van der Waals surface area contributed by atoms with E-state index in [9.17, 15) is 13.9 Å². The van der Waals surface area contributed by atoms with Crippen LogP contribution in [0.4, 0.5) is 19.0 Å². The average Bonchev–Trinajstić information content (AvgIpc) is 3.31. The molecule has 4 rings (SSSR count). The Hall–Kier alpha value is -3.35. The van der Waals surface area contributed by atoms with Crippen molar-refractivity contribution in [3.63, 3.8) is 0 Å². The van der Waals surface area contributed by atoms with Crippen LogP contribution < -0.4 is 10.1 Å². The molecule has 0 saturated carbocycles. The molecule has 3 aromatic rings. The second-order valence-corrected chi connectivity index (χ2v) is 9.44. The van der Waals surface area contributed by atoms with Crippen LogP contribution in [0.3, 0.4) is 0 Å². The lowest BCUT2D eigenvalue weighted by molar-refractivity contribution is -0.170. The molecule has 2 heterocycles. The molecule has 0 unspecified atom stereocenters. The van der Waals surface area contributed by atoms with E-state index in [1.807, 2.05) is 0 Å². The fraction of sp³-hybridized carbons (Fsp3) is 0.407. The van der Waals surface area contributed by atoms with Crippen LogP contribution in [0.15, 0.2) is 30.3 Å². The molecule has 9 heteroatoms. The number of hydrogen-bond donors (Lipinski definition) is 2. The number of rotatable bonds is 7. The molecule has 0 spiro atoms. The molecule has 2 N–H and O–H groups in total. The maximum atomic E-state index is 15.3. The number of alkyl halides is 2. The van der Waals surface area contributed by atoms with Crippen molar-refractivity contribution in [3.8, 4) is 18.1 Å². The van der Waals surface area contributed by atoms with Gasteiger partial charge < -0.3 is 19.9 Å². The van der Waals surface area contributed by atoms with E-state index in [1.54, 1.807) is 26.0 Å². The number of nitrogens with zero attached hydrogens (tertiary/aromatic N) is 2. The first-order valence-corrected chi connectivity index (χ1v) is 11.6. The van der Waals surface area contributed by atoms with E-state index in [-0.39, 0.29) is 11.7 Å². The fourth-order valence-corrected chi connectivity index (χ4v) is 4.12. The third-order valence-corrected chi connectivity index (χ3v) is 6.20. The first-order chi connectivity index (χ1) is 16.9. The number of aliphatic hydroxyl groups is 1. The van der Waals surface area contributed by atoms with Crippen molar-refractivity contribution < 1.29 is 27.8 Å². The number of terminal acetylenes is 1. The van der Waals surface area contributed by atoms with Gasteiger partial charge in [0.05, 0.1) is 35.9 Å². The highest BCUT2D eigenvalue weighted by Crippen LogP contribution is 2.41. The minimum atomic E-state index is -3.80. The Morgan fingerprint density at radius 3 is 2.67 bits per heavy atom. The van der Waals surface area contributed by atoms with Crippen LogP contribution in [-0.2, 0) is 10.7 Å². The Bertz CT molecular complexity index is 1330. The normalized spacial score (nSPS) is 17.1. The second kappa shape index (κ2) is 9.60. The van der Waals surface area contributed by atoms with Crippen LogP contribution in [0.1, 0.15) is 55.7 Å². The summed E-state index contributed by atoms with van der Waals surface area (Å²) in [4.78, 5) is 8.93. The summed E-state index contributed by atoms with van der Waals surface area (Å²) in [5, 5.41) is 13.6. The first kappa shape index (κ1) is 25.7. The number of nitrogens with one attached hydrogen (secondary N) is 1. The molecule has 2 aromatic carbocycles. The molecule has 1 fully saturated rings. The Morgan fingerprint density at radius 1 is 1.28 bits per heavy atom. The third-order valence-electron chi connectivity index (χ3n) is 6.20. The van der Waals surface area contributed by atoms with Crippen molar-refractivity contribution in [1.82, 2.24) is 9.97 Å². The lowest BCUT2D eigenvalue weighted by Gasteiger charge is -2.30.